The summed E-state index contributed by atoms with van der Waals surface area (Å²) in [5, 5.41) is 0. The number of aryl methyl sites for hydroxylation is 1. The van der Waals surface area contributed by atoms with Crippen LogP contribution in [0.15, 0.2) is 89.9 Å². The van der Waals surface area contributed by atoms with Gasteiger partial charge in [-0.3, -0.25) is 9.79 Å². The number of guanidine groups is 1. The molecule has 0 heterocycles. The molecule has 0 bridgehead atoms. The van der Waals surface area contributed by atoms with Crippen LogP contribution in [0.4, 0.5) is 0 Å². The van der Waals surface area contributed by atoms with Crippen molar-refractivity contribution in [1.82, 2.24) is 4.90 Å². The summed E-state index contributed by atoms with van der Waals surface area (Å²) in [5.74, 6) is 1.38. The minimum Gasteiger partial charge on any atom is -0.370 e. The van der Waals surface area contributed by atoms with Crippen LogP contribution in [0.1, 0.15) is 58.6 Å². The molecule has 188 valence electrons. The minimum atomic E-state index is 0.106. The van der Waals surface area contributed by atoms with Crippen molar-refractivity contribution < 1.29 is 4.79 Å². The number of amides is 1. The Morgan fingerprint density at radius 2 is 1.36 bits per heavy atom. The molecule has 1 aliphatic rings. The molecule has 5 heteroatoms. The molecule has 1 aliphatic carbocycles. The number of rotatable bonds is 9. The summed E-state index contributed by atoms with van der Waals surface area (Å²) in [6.45, 7) is 4.16. The van der Waals surface area contributed by atoms with Gasteiger partial charge in [0.2, 0.25) is 0 Å². The van der Waals surface area contributed by atoms with Crippen molar-refractivity contribution >= 4 is 11.9 Å². The van der Waals surface area contributed by atoms with Crippen LogP contribution in [0.3, 0.4) is 0 Å². The summed E-state index contributed by atoms with van der Waals surface area (Å²) in [6.07, 6.45) is 4.36. The van der Waals surface area contributed by atoms with E-state index in [0.29, 0.717) is 24.9 Å². The second-order valence-electron chi connectivity index (χ2n) is 10.1. The van der Waals surface area contributed by atoms with Crippen molar-refractivity contribution in [2.75, 3.05) is 19.6 Å². The highest BCUT2D eigenvalue weighted by Crippen LogP contribution is 2.32. The van der Waals surface area contributed by atoms with Gasteiger partial charge in [0.1, 0.15) is 0 Å². The first-order valence-electron chi connectivity index (χ1n) is 13.0. The molecule has 5 nitrogen and oxygen atoms in total. The van der Waals surface area contributed by atoms with Gasteiger partial charge in [-0.2, -0.15) is 0 Å². The van der Waals surface area contributed by atoms with E-state index in [1.54, 1.807) is 0 Å². The van der Waals surface area contributed by atoms with Gasteiger partial charge in [-0.05, 0) is 67.7 Å². The molecule has 3 aromatic rings. The van der Waals surface area contributed by atoms with Gasteiger partial charge in [0.05, 0.1) is 0 Å². The maximum absolute atomic E-state index is 13.9. The van der Waals surface area contributed by atoms with Crippen molar-refractivity contribution in [2.45, 2.75) is 38.5 Å². The summed E-state index contributed by atoms with van der Waals surface area (Å²) < 4.78 is 0. The van der Waals surface area contributed by atoms with Gasteiger partial charge in [-0.1, -0.05) is 78.4 Å². The Bertz CT molecular complexity index is 1080. The Kier molecular flexibility index (Phi) is 8.77. The van der Waals surface area contributed by atoms with Gasteiger partial charge in [-0.25, -0.2) is 0 Å². The van der Waals surface area contributed by atoms with Crippen LogP contribution in [0.25, 0.3) is 0 Å². The fourth-order valence-corrected chi connectivity index (χ4v) is 5.26. The molecule has 1 fully saturated rings. The summed E-state index contributed by atoms with van der Waals surface area (Å²) in [7, 11) is 0. The molecule has 4 rings (SSSR count). The topological polar surface area (TPSA) is 84.7 Å². The molecule has 36 heavy (non-hydrogen) atoms. The fraction of sp³-hybridized carbons (Fsp3) is 0.355. The van der Waals surface area contributed by atoms with E-state index < -0.39 is 0 Å². The standard InChI is InChI=1S/C31H38N4O/c1-23-12-18-28(19-13-23)30(36)35(21-25-16-14-24(15-17-25)20-34-31(32)33)22-29(26-8-4-2-5-9-26)27-10-6-3-7-11-27/h2-13,18-19,24-25,29H,14-17,20-22H2,1H3,(H4,32,33,34). The lowest BCUT2D eigenvalue weighted by Gasteiger charge is -2.34. The summed E-state index contributed by atoms with van der Waals surface area (Å²) >= 11 is 0. The first kappa shape index (κ1) is 25.5. The lowest BCUT2D eigenvalue weighted by molar-refractivity contribution is 0.0700. The van der Waals surface area contributed by atoms with Crippen molar-refractivity contribution in [3.05, 3.63) is 107 Å². The summed E-state index contributed by atoms with van der Waals surface area (Å²) in [6, 6.07) is 29.0. The Labute approximate surface area is 215 Å². The zero-order chi connectivity index (χ0) is 25.3. The third-order valence-corrected chi connectivity index (χ3v) is 7.37. The third kappa shape index (κ3) is 6.97. The third-order valence-electron chi connectivity index (χ3n) is 7.37. The first-order chi connectivity index (χ1) is 17.5. The van der Waals surface area contributed by atoms with Crippen LogP contribution in [-0.4, -0.2) is 36.4 Å². The second-order valence-corrected chi connectivity index (χ2v) is 10.1. The average Bonchev–Trinajstić information content (AvgIpc) is 2.91. The smallest absolute Gasteiger partial charge is 0.253 e. The molecule has 0 unspecified atom stereocenters. The van der Waals surface area contributed by atoms with Crippen LogP contribution in [0, 0.1) is 18.8 Å². The van der Waals surface area contributed by atoms with Crippen molar-refractivity contribution in [3.63, 3.8) is 0 Å². The number of nitrogens with zero attached hydrogens (tertiary/aromatic N) is 2. The van der Waals surface area contributed by atoms with Crippen LogP contribution < -0.4 is 11.5 Å². The van der Waals surface area contributed by atoms with Crippen molar-refractivity contribution in [2.24, 2.45) is 28.3 Å². The van der Waals surface area contributed by atoms with Crippen molar-refractivity contribution in [1.29, 1.82) is 0 Å². The molecular weight excluding hydrogens is 444 g/mol. The van der Waals surface area contributed by atoms with E-state index >= 15 is 0 Å². The number of carbonyl (C=O) groups excluding carboxylic acids is 1. The zero-order valence-electron chi connectivity index (χ0n) is 21.2. The zero-order valence-corrected chi connectivity index (χ0v) is 21.2. The normalized spacial score (nSPS) is 17.5. The van der Waals surface area contributed by atoms with Crippen LogP contribution in [-0.2, 0) is 0 Å². The number of benzene rings is 3. The van der Waals surface area contributed by atoms with Crippen molar-refractivity contribution in [3.8, 4) is 0 Å². The molecule has 1 saturated carbocycles. The van der Waals surface area contributed by atoms with E-state index in [4.69, 9.17) is 11.5 Å². The first-order valence-corrected chi connectivity index (χ1v) is 13.0. The highest BCUT2D eigenvalue weighted by molar-refractivity contribution is 5.94. The molecule has 4 N–H and O–H groups in total. The Balaban J connectivity index is 1.56. The van der Waals surface area contributed by atoms with E-state index in [1.807, 2.05) is 43.3 Å². The van der Waals surface area contributed by atoms with E-state index in [9.17, 15) is 4.79 Å². The SMILES string of the molecule is Cc1ccc(C(=O)N(CC2CCC(CN=C(N)N)CC2)CC(c2ccccc2)c2ccccc2)cc1. The van der Waals surface area contributed by atoms with Gasteiger partial charge in [0.15, 0.2) is 5.96 Å². The molecular formula is C31H38N4O. The number of carbonyl (C=O) groups is 1. The highest BCUT2D eigenvalue weighted by atomic mass is 16.2. The molecule has 0 aromatic heterocycles. The minimum absolute atomic E-state index is 0.106. The van der Waals surface area contributed by atoms with Gasteiger partial charge >= 0.3 is 0 Å². The molecule has 0 spiro atoms. The number of hydrogen-bond acceptors (Lipinski definition) is 2. The van der Waals surface area contributed by atoms with Crippen LogP contribution in [0.2, 0.25) is 0 Å². The summed E-state index contributed by atoms with van der Waals surface area (Å²) in [4.78, 5) is 20.2. The van der Waals surface area contributed by atoms with Gasteiger partial charge in [-0.15, -0.1) is 0 Å². The average molecular weight is 483 g/mol. The number of hydrogen-bond donors (Lipinski definition) is 2. The van der Waals surface area contributed by atoms with Crippen LogP contribution >= 0.6 is 0 Å². The maximum atomic E-state index is 13.9. The van der Waals surface area contributed by atoms with Gasteiger partial charge in [0, 0.05) is 31.1 Å². The van der Waals surface area contributed by atoms with E-state index in [2.05, 4.69) is 58.4 Å². The molecule has 0 saturated heterocycles. The van der Waals surface area contributed by atoms with E-state index in [1.165, 1.54) is 11.1 Å². The predicted octanol–water partition coefficient (Wildman–Crippen LogP) is 5.35. The second kappa shape index (κ2) is 12.4. The van der Waals surface area contributed by atoms with E-state index in [0.717, 1.165) is 43.4 Å². The fourth-order valence-electron chi connectivity index (χ4n) is 5.26. The lowest BCUT2D eigenvalue weighted by Crippen LogP contribution is -2.39. The van der Waals surface area contributed by atoms with Crippen LogP contribution in [0.5, 0.6) is 0 Å². The molecule has 0 radical (unpaired) electrons. The largest absolute Gasteiger partial charge is 0.370 e. The molecule has 0 aliphatic heterocycles. The molecule has 0 atom stereocenters. The highest BCUT2D eigenvalue weighted by Gasteiger charge is 2.28. The monoisotopic (exact) mass is 482 g/mol. The molecule has 1 amide bonds. The van der Waals surface area contributed by atoms with E-state index in [-0.39, 0.29) is 17.8 Å². The van der Waals surface area contributed by atoms with Gasteiger partial charge < -0.3 is 16.4 Å². The Morgan fingerprint density at radius 3 is 1.89 bits per heavy atom. The van der Waals surface area contributed by atoms with Gasteiger partial charge in [0.25, 0.3) is 5.91 Å². The quantitative estimate of drug-likeness (QED) is 0.318. The lowest BCUT2D eigenvalue weighted by atomic mass is 9.81. The number of nitrogens with two attached hydrogens (primary N) is 2. The predicted molar refractivity (Wildman–Crippen MR) is 148 cm³/mol. The summed E-state index contributed by atoms with van der Waals surface area (Å²) in [5.41, 5.74) is 15.4. The maximum Gasteiger partial charge on any atom is 0.253 e. The molecule has 3 aromatic carbocycles. The Morgan fingerprint density at radius 1 is 0.833 bits per heavy atom. The number of aliphatic imine (C=N–C) groups is 1. The Hall–Kier alpha value is -3.60.